The number of imidazole rings is 1. The predicted octanol–water partition coefficient (Wildman–Crippen LogP) is 6.49. The van der Waals surface area contributed by atoms with Gasteiger partial charge in [0.15, 0.2) is 0 Å². The van der Waals surface area contributed by atoms with Gasteiger partial charge in [0.25, 0.3) is 0 Å². The molecule has 6 rings (SSSR count). The van der Waals surface area contributed by atoms with Crippen molar-refractivity contribution in [3.05, 3.63) is 64.1 Å². The van der Waals surface area contributed by atoms with E-state index in [1.54, 1.807) is 0 Å². The number of H-pyrrole nitrogens is 2. The summed E-state index contributed by atoms with van der Waals surface area (Å²) < 4.78 is 1.00. The van der Waals surface area contributed by atoms with E-state index in [4.69, 9.17) is 4.98 Å². The van der Waals surface area contributed by atoms with Crippen molar-refractivity contribution in [2.45, 2.75) is 45.4 Å². The Morgan fingerprint density at radius 1 is 1.06 bits per heavy atom. The van der Waals surface area contributed by atoms with Gasteiger partial charge in [-0.25, -0.2) is 4.98 Å². The number of aromatic nitrogens is 4. The Balaban J connectivity index is 1.31. The van der Waals surface area contributed by atoms with Crippen molar-refractivity contribution in [1.82, 2.24) is 20.2 Å². The molecule has 0 aliphatic heterocycles. The quantitative estimate of drug-likeness (QED) is 0.261. The number of halogens is 1. The maximum Gasteiger partial charge on any atom is 0.235 e. The first kappa shape index (κ1) is 21.6. The molecule has 6 nitrogen and oxygen atoms in total. The predicted molar refractivity (Wildman–Crippen MR) is 138 cm³/mol. The molecule has 0 saturated heterocycles. The third-order valence-corrected chi connectivity index (χ3v) is 7.82. The highest BCUT2D eigenvalue weighted by atomic mass is 79.9. The number of rotatable bonds is 7. The molecule has 3 N–H and O–H groups in total. The van der Waals surface area contributed by atoms with Gasteiger partial charge < -0.3 is 10.3 Å². The number of nitrogens with zero attached hydrogens (tertiary/aromatic N) is 2. The third kappa shape index (κ3) is 4.06. The molecular formula is C27H28BrN5O. The van der Waals surface area contributed by atoms with E-state index in [1.807, 2.05) is 56.3 Å². The number of benzene rings is 2. The van der Waals surface area contributed by atoms with Gasteiger partial charge in [0.1, 0.15) is 5.82 Å². The zero-order valence-electron chi connectivity index (χ0n) is 19.4. The van der Waals surface area contributed by atoms with Crippen molar-refractivity contribution in [2.75, 3.05) is 5.32 Å². The largest absolute Gasteiger partial charge is 0.341 e. The summed E-state index contributed by atoms with van der Waals surface area (Å²) in [5, 5.41) is 10.6. The van der Waals surface area contributed by atoms with Crippen LogP contribution < -0.4 is 5.32 Å². The van der Waals surface area contributed by atoms with E-state index in [2.05, 4.69) is 36.4 Å². The molecule has 34 heavy (non-hydrogen) atoms. The van der Waals surface area contributed by atoms with Gasteiger partial charge in [0.05, 0.1) is 22.6 Å². The number of amides is 1. The minimum absolute atomic E-state index is 0.0327. The topological polar surface area (TPSA) is 86.5 Å². The molecule has 0 radical (unpaired) electrons. The van der Waals surface area contributed by atoms with E-state index in [-0.39, 0.29) is 11.8 Å². The maximum atomic E-state index is 13.8. The Morgan fingerprint density at radius 2 is 1.76 bits per heavy atom. The minimum Gasteiger partial charge on any atom is -0.341 e. The molecule has 2 aliphatic rings. The average molecular weight is 518 g/mol. The molecule has 1 amide bonds. The highest BCUT2D eigenvalue weighted by Crippen LogP contribution is 2.54. The lowest BCUT2D eigenvalue weighted by molar-refractivity contribution is -0.119. The Bertz CT molecular complexity index is 1330. The van der Waals surface area contributed by atoms with E-state index in [1.165, 1.54) is 25.7 Å². The second-order valence-corrected chi connectivity index (χ2v) is 10.8. The van der Waals surface area contributed by atoms with Crippen LogP contribution in [0.2, 0.25) is 0 Å². The van der Waals surface area contributed by atoms with Gasteiger partial charge in [-0.05, 0) is 93.2 Å². The lowest BCUT2D eigenvalue weighted by Gasteiger charge is -2.25. The van der Waals surface area contributed by atoms with Crippen molar-refractivity contribution in [2.24, 2.45) is 17.8 Å². The van der Waals surface area contributed by atoms with Crippen molar-refractivity contribution in [1.29, 1.82) is 0 Å². The summed E-state index contributed by atoms with van der Waals surface area (Å²) in [5.41, 5.74) is 6.90. The zero-order valence-corrected chi connectivity index (χ0v) is 20.9. The van der Waals surface area contributed by atoms with Crippen LogP contribution in [0.5, 0.6) is 0 Å². The molecule has 2 aliphatic carbocycles. The van der Waals surface area contributed by atoms with Gasteiger partial charge >= 0.3 is 0 Å². The first-order valence-corrected chi connectivity index (χ1v) is 12.9. The Hall–Kier alpha value is -2.93. The molecule has 174 valence electrons. The van der Waals surface area contributed by atoms with Gasteiger partial charge in [-0.15, -0.1) is 0 Å². The van der Waals surface area contributed by atoms with Crippen LogP contribution in [0.4, 0.5) is 5.69 Å². The number of fused-ring (bicyclic) bond motifs is 1. The molecule has 0 bridgehead atoms. The molecule has 2 aromatic heterocycles. The van der Waals surface area contributed by atoms with Crippen molar-refractivity contribution < 1.29 is 4.79 Å². The fraction of sp³-hybridized carbons (Fsp3) is 0.370. The molecule has 2 saturated carbocycles. The van der Waals surface area contributed by atoms with Crippen molar-refractivity contribution in [3.63, 3.8) is 0 Å². The Labute approximate surface area is 207 Å². The summed E-state index contributed by atoms with van der Waals surface area (Å²) in [6, 6.07) is 14.1. The number of carbonyl (C=O) groups is 1. The molecule has 2 aromatic carbocycles. The summed E-state index contributed by atoms with van der Waals surface area (Å²) in [6.45, 7) is 4.03. The van der Waals surface area contributed by atoms with Crippen LogP contribution in [-0.2, 0) is 4.79 Å². The maximum absolute atomic E-state index is 13.8. The van der Waals surface area contributed by atoms with Crippen LogP contribution in [0.3, 0.4) is 0 Å². The molecule has 2 heterocycles. The van der Waals surface area contributed by atoms with Gasteiger partial charge in [-0.1, -0.05) is 28.1 Å². The number of hydrogen-bond acceptors (Lipinski definition) is 3. The van der Waals surface area contributed by atoms with Crippen LogP contribution in [-0.4, -0.2) is 26.1 Å². The lowest BCUT2D eigenvalue weighted by atomic mass is 9.82. The summed E-state index contributed by atoms with van der Waals surface area (Å²) in [4.78, 5) is 22.1. The number of carbonyl (C=O) groups excluding carboxylic acids is 1. The minimum atomic E-state index is -0.274. The summed E-state index contributed by atoms with van der Waals surface area (Å²) >= 11 is 3.54. The molecule has 7 heteroatoms. The second kappa shape index (κ2) is 8.38. The number of aryl methyl sites for hydroxylation is 2. The monoisotopic (exact) mass is 517 g/mol. The fourth-order valence-corrected chi connectivity index (χ4v) is 5.80. The molecule has 2 fully saturated rings. The molecule has 1 unspecified atom stereocenters. The van der Waals surface area contributed by atoms with Crippen molar-refractivity contribution in [3.8, 4) is 11.1 Å². The van der Waals surface area contributed by atoms with Crippen LogP contribution in [0.1, 0.15) is 48.8 Å². The van der Waals surface area contributed by atoms with E-state index in [9.17, 15) is 4.79 Å². The summed E-state index contributed by atoms with van der Waals surface area (Å²) in [6.07, 6.45) is 4.87. The summed E-state index contributed by atoms with van der Waals surface area (Å²) in [5.74, 6) is 2.14. The van der Waals surface area contributed by atoms with Crippen LogP contribution in [0.15, 0.2) is 46.9 Å². The first-order valence-electron chi connectivity index (χ1n) is 12.1. The van der Waals surface area contributed by atoms with Crippen molar-refractivity contribution >= 4 is 38.6 Å². The highest BCUT2D eigenvalue weighted by molar-refractivity contribution is 9.10. The zero-order chi connectivity index (χ0) is 23.4. The van der Waals surface area contributed by atoms with Gasteiger partial charge in [0, 0.05) is 21.4 Å². The smallest absolute Gasteiger partial charge is 0.235 e. The van der Waals surface area contributed by atoms with E-state index in [0.29, 0.717) is 17.8 Å². The van der Waals surface area contributed by atoms with Gasteiger partial charge in [0.2, 0.25) is 5.91 Å². The molecular weight excluding hydrogens is 490 g/mol. The Kier molecular flexibility index (Phi) is 5.32. The number of aromatic amines is 2. The van der Waals surface area contributed by atoms with Gasteiger partial charge in [-0.2, -0.15) is 5.10 Å². The lowest BCUT2D eigenvalue weighted by Crippen LogP contribution is -2.31. The van der Waals surface area contributed by atoms with Crippen LogP contribution >= 0.6 is 15.9 Å². The van der Waals surface area contributed by atoms with Gasteiger partial charge in [-0.3, -0.25) is 9.89 Å². The number of anilines is 1. The average Bonchev–Trinajstić information content (AvgIpc) is 3.75. The number of hydrogen-bond donors (Lipinski definition) is 3. The standard InChI is InChI=1S/C27H28BrN5O/c1-14-23(15(2)33-32-14)16-7-10-20(11-8-16)29-27(34)25(24(17-3-4-17)18-5-6-18)26-30-21-12-9-19(28)13-22(21)31-26/h7-13,17-18,24-25H,3-6H2,1-2H3,(H,29,34)(H,30,31)(H,32,33). The Morgan fingerprint density at radius 3 is 2.38 bits per heavy atom. The van der Waals surface area contributed by atoms with E-state index >= 15 is 0 Å². The van der Waals surface area contributed by atoms with Crippen LogP contribution in [0, 0.1) is 31.6 Å². The van der Waals surface area contributed by atoms with E-state index < -0.39 is 0 Å². The first-order chi connectivity index (χ1) is 16.5. The van der Waals surface area contributed by atoms with E-state index in [0.717, 1.165) is 49.5 Å². The fourth-order valence-electron chi connectivity index (χ4n) is 5.44. The van der Waals surface area contributed by atoms with Crippen LogP contribution in [0.25, 0.3) is 22.2 Å². The molecule has 0 spiro atoms. The molecule has 1 atom stereocenters. The number of nitrogens with one attached hydrogen (secondary N) is 3. The normalized spacial score (nSPS) is 16.8. The third-order valence-electron chi connectivity index (χ3n) is 7.33. The summed E-state index contributed by atoms with van der Waals surface area (Å²) in [7, 11) is 0. The highest BCUT2D eigenvalue weighted by Gasteiger charge is 2.49. The second-order valence-electron chi connectivity index (χ2n) is 9.89. The molecule has 4 aromatic rings. The SMILES string of the molecule is Cc1n[nH]c(C)c1-c1ccc(NC(=O)C(c2nc3ccc(Br)cc3[nH]2)C(C2CC2)C2CC2)cc1.